The topological polar surface area (TPSA) is 55.1 Å². The molecule has 0 fully saturated rings. The van der Waals surface area contributed by atoms with E-state index in [4.69, 9.17) is 5.73 Å². The molecule has 0 saturated heterocycles. The summed E-state index contributed by atoms with van der Waals surface area (Å²) in [7, 11) is 0. The number of benzene rings is 1. The molecule has 16 heavy (non-hydrogen) atoms. The minimum Gasteiger partial charge on any atom is -0.369 e. The summed E-state index contributed by atoms with van der Waals surface area (Å²) in [6.07, 6.45) is 0.996. The number of carbonyl (C=O) groups excluding carboxylic acids is 1. The summed E-state index contributed by atoms with van der Waals surface area (Å²) in [6.45, 7) is 4.59. The van der Waals surface area contributed by atoms with Crippen molar-refractivity contribution in [3.05, 3.63) is 35.9 Å². The van der Waals surface area contributed by atoms with E-state index in [1.54, 1.807) is 0 Å². The number of carbonyl (C=O) groups is 1. The molecule has 1 rings (SSSR count). The maximum Gasteiger partial charge on any atom is 0.221 e. The molecule has 88 valence electrons. The zero-order valence-electron chi connectivity index (χ0n) is 9.94. The van der Waals surface area contributed by atoms with Crippen molar-refractivity contribution < 1.29 is 4.79 Å². The van der Waals surface area contributed by atoms with Gasteiger partial charge in [-0.25, -0.2) is 0 Å². The van der Waals surface area contributed by atoms with E-state index in [-0.39, 0.29) is 11.8 Å². The molecule has 3 heteroatoms. The first kappa shape index (κ1) is 12.7. The Hall–Kier alpha value is -1.35. The highest BCUT2D eigenvalue weighted by atomic mass is 16.1. The molecule has 0 aromatic heterocycles. The zero-order chi connectivity index (χ0) is 12.0. The highest BCUT2D eigenvalue weighted by Crippen LogP contribution is 2.15. The Morgan fingerprint density at radius 2 is 2.00 bits per heavy atom. The normalized spacial score (nSPS) is 14.4. The van der Waals surface area contributed by atoms with Crippen LogP contribution in [0.25, 0.3) is 0 Å². The average Bonchev–Trinajstić information content (AvgIpc) is 2.30. The Balaban J connectivity index is 2.53. The number of nitrogens with one attached hydrogen (secondary N) is 1. The van der Waals surface area contributed by atoms with E-state index in [0.29, 0.717) is 12.6 Å². The predicted octanol–water partition coefficient (Wildman–Crippen LogP) is 1.85. The average molecular weight is 220 g/mol. The maximum absolute atomic E-state index is 10.9. The fraction of sp³-hybridized carbons (Fsp3) is 0.462. The fourth-order valence-corrected chi connectivity index (χ4v) is 1.60. The lowest BCUT2D eigenvalue weighted by Crippen LogP contribution is -2.33. The highest BCUT2D eigenvalue weighted by molar-refractivity contribution is 5.76. The largest absolute Gasteiger partial charge is 0.369 e. The van der Waals surface area contributed by atoms with E-state index in [9.17, 15) is 4.79 Å². The summed E-state index contributed by atoms with van der Waals surface area (Å²) in [4.78, 5) is 10.9. The van der Waals surface area contributed by atoms with E-state index in [2.05, 4.69) is 24.4 Å². The molecular formula is C13H20N2O. The smallest absolute Gasteiger partial charge is 0.221 e. The van der Waals surface area contributed by atoms with Gasteiger partial charge in [0.1, 0.15) is 0 Å². The van der Waals surface area contributed by atoms with Gasteiger partial charge in [0.25, 0.3) is 0 Å². The van der Waals surface area contributed by atoms with Crippen molar-refractivity contribution in [3.8, 4) is 0 Å². The number of hydrogen-bond acceptors (Lipinski definition) is 2. The van der Waals surface area contributed by atoms with Crippen LogP contribution in [0.4, 0.5) is 0 Å². The van der Waals surface area contributed by atoms with E-state index >= 15 is 0 Å². The molecule has 2 unspecified atom stereocenters. The van der Waals surface area contributed by atoms with Crippen LogP contribution in [0.1, 0.15) is 31.9 Å². The first-order chi connectivity index (χ1) is 7.65. The van der Waals surface area contributed by atoms with Crippen LogP contribution in [0.5, 0.6) is 0 Å². The van der Waals surface area contributed by atoms with Crippen LogP contribution < -0.4 is 11.1 Å². The zero-order valence-corrected chi connectivity index (χ0v) is 9.94. The van der Waals surface area contributed by atoms with Crippen molar-refractivity contribution in [3.63, 3.8) is 0 Å². The van der Waals surface area contributed by atoms with Gasteiger partial charge in [-0.3, -0.25) is 4.79 Å². The van der Waals surface area contributed by atoms with Gasteiger partial charge >= 0.3 is 0 Å². The van der Waals surface area contributed by atoms with Gasteiger partial charge in [-0.05, 0) is 12.0 Å². The Morgan fingerprint density at radius 3 is 2.50 bits per heavy atom. The lowest BCUT2D eigenvalue weighted by atomic mass is 10.0. The van der Waals surface area contributed by atoms with Gasteiger partial charge in [-0.15, -0.1) is 0 Å². The molecule has 3 N–H and O–H groups in total. The Kier molecular flexibility index (Phi) is 4.99. The van der Waals surface area contributed by atoms with Crippen LogP contribution in [0, 0.1) is 5.92 Å². The second-order valence-corrected chi connectivity index (χ2v) is 4.08. The van der Waals surface area contributed by atoms with Crippen LogP contribution in [0.3, 0.4) is 0 Å². The van der Waals surface area contributed by atoms with Crippen molar-refractivity contribution in [2.75, 3.05) is 6.54 Å². The number of rotatable bonds is 6. The van der Waals surface area contributed by atoms with Crippen LogP contribution >= 0.6 is 0 Å². The molecule has 0 aliphatic rings. The second-order valence-electron chi connectivity index (χ2n) is 4.08. The van der Waals surface area contributed by atoms with Crippen molar-refractivity contribution in [1.82, 2.24) is 5.32 Å². The van der Waals surface area contributed by atoms with Gasteiger partial charge in [0.2, 0.25) is 5.91 Å². The maximum atomic E-state index is 10.9. The first-order valence-electron chi connectivity index (χ1n) is 5.72. The molecule has 0 aliphatic carbocycles. The van der Waals surface area contributed by atoms with Gasteiger partial charge < -0.3 is 11.1 Å². The summed E-state index contributed by atoms with van der Waals surface area (Å²) >= 11 is 0. The summed E-state index contributed by atoms with van der Waals surface area (Å²) < 4.78 is 0. The fourth-order valence-electron chi connectivity index (χ4n) is 1.60. The number of nitrogens with two attached hydrogens (primary N) is 1. The van der Waals surface area contributed by atoms with Crippen molar-refractivity contribution in [2.45, 2.75) is 26.3 Å². The third-order valence-corrected chi connectivity index (χ3v) is 2.77. The molecule has 1 amide bonds. The summed E-state index contributed by atoms with van der Waals surface area (Å²) in [5, 5.41) is 3.37. The van der Waals surface area contributed by atoms with Gasteiger partial charge in [0.15, 0.2) is 0 Å². The quantitative estimate of drug-likeness (QED) is 0.768. The van der Waals surface area contributed by atoms with E-state index in [1.807, 2.05) is 25.1 Å². The molecule has 0 bridgehead atoms. The van der Waals surface area contributed by atoms with Crippen LogP contribution in [0.2, 0.25) is 0 Å². The van der Waals surface area contributed by atoms with Crippen LogP contribution in [-0.4, -0.2) is 12.5 Å². The molecule has 1 aromatic carbocycles. The van der Waals surface area contributed by atoms with Crippen LogP contribution in [0.15, 0.2) is 30.3 Å². The molecule has 2 atom stereocenters. The van der Waals surface area contributed by atoms with E-state index in [1.165, 1.54) is 5.56 Å². The minimum atomic E-state index is -0.254. The molecule has 0 radical (unpaired) electrons. The molecule has 3 nitrogen and oxygen atoms in total. The first-order valence-corrected chi connectivity index (χ1v) is 5.72. The number of amides is 1. The molecule has 1 aromatic rings. The molecular weight excluding hydrogens is 200 g/mol. The number of primary amides is 1. The van der Waals surface area contributed by atoms with Gasteiger partial charge in [0.05, 0.1) is 0 Å². The summed E-state index contributed by atoms with van der Waals surface area (Å²) in [6, 6.07) is 10.5. The third kappa shape index (κ3) is 3.66. The predicted molar refractivity (Wildman–Crippen MR) is 65.8 cm³/mol. The second kappa shape index (κ2) is 6.28. The van der Waals surface area contributed by atoms with Gasteiger partial charge in [-0.2, -0.15) is 0 Å². The SMILES string of the molecule is CCC(NCC(C)C(N)=O)c1ccccc1. The van der Waals surface area contributed by atoms with Crippen molar-refractivity contribution >= 4 is 5.91 Å². The third-order valence-electron chi connectivity index (χ3n) is 2.77. The molecule has 0 aliphatic heterocycles. The molecule has 0 spiro atoms. The monoisotopic (exact) mass is 220 g/mol. The minimum absolute atomic E-state index is 0.127. The Morgan fingerprint density at radius 1 is 1.38 bits per heavy atom. The standard InChI is InChI=1S/C13H20N2O/c1-3-12(11-7-5-4-6-8-11)15-9-10(2)13(14)16/h4-8,10,12,15H,3,9H2,1-2H3,(H2,14,16). The lowest BCUT2D eigenvalue weighted by Gasteiger charge is -2.19. The van der Waals surface area contributed by atoms with E-state index < -0.39 is 0 Å². The van der Waals surface area contributed by atoms with Crippen LogP contribution in [-0.2, 0) is 4.79 Å². The van der Waals surface area contributed by atoms with E-state index in [0.717, 1.165) is 6.42 Å². The van der Waals surface area contributed by atoms with Gasteiger partial charge in [0, 0.05) is 18.5 Å². The molecule has 0 heterocycles. The summed E-state index contributed by atoms with van der Waals surface area (Å²) in [5.74, 6) is -0.381. The van der Waals surface area contributed by atoms with Gasteiger partial charge in [-0.1, -0.05) is 44.2 Å². The Labute approximate surface area is 97.0 Å². The number of hydrogen-bond donors (Lipinski definition) is 2. The van der Waals surface area contributed by atoms with Crippen molar-refractivity contribution in [2.24, 2.45) is 11.7 Å². The molecule has 0 saturated carbocycles. The highest BCUT2D eigenvalue weighted by Gasteiger charge is 2.12. The van der Waals surface area contributed by atoms with Crippen molar-refractivity contribution in [1.29, 1.82) is 0 Å². The Bertz CT molecular complexity index is 324. The lowest BCUT2D eigenvalue weighted by molar-refractivity contribution is -0.121. The summed E-state index contributed by atoms with van der Waals surface area (Å²) in [5.41, 5.74) is 6.47.